The molecule has 2 aromatic rings. The lowest BCUT2D eigenvalue weighted by molar-refractivity contribution is 0.0449. The third kappa shape index (κ3) is 4.30. The van der Waals surface area contributed by atoms with Gasteiger partial charge in [-0.05, 0) is 12.1 Å². The number of hydrogen-bond donors (Lipinski definition) is 0. The zero-order valence-electron chi connectivity index (χ0n) is 14.7. The predicted molar refractivity (Wildman–Crippen MR) is 90.3 cm³/mol. The summed E-state index contributed by atoms with van der Waals surface area (Å²) in [6.07, 6.45) is 1.35. The molecule has 1 amide bonds. The molecule has 1 saturated heterocycles. The molecule has 0 unspecified atom stereocenters. The second kappa shape index (κ2) is 7.31. The maximum absolute atomic E-state index is 13.8. The Morgan fingerprint density at radius 3 is 2.63 bits per heavy atom. The molecule has 1 fully saturated rings. The molecule has 146 valence electrons. The second-order valence-corrected chi connectivity index (χ2v) is 8.28. The molecule has 1 aliphatic rings. The molecule has 1 aromatic carbocycles. The number of benzene rings is 1. The fourth-order valence-electron chi connectivity index (χ4n) is 2.91. The van der Waals surface area contributed by atoms with Gasteiger partial charge in [-0.2, -0.15) is 9.29 Å². The van der Waals surface area contributed by atoms with Crippen molar-refractivity contribution in [3.8, 4) is 0 Å². The molecule has 0 spiro atoms. The minimum absolute atomic E-state index is 0.119. The van der Waals surface area contributed by atoms with Gasteiger partial charge in [-0.1, -0.05) is 5.16 Å². The molecule has 2 heterocycles. The number of likely N-dealkylation sites (tertiary alicyclic amines) is 1. The van der Waals surface area contributed by atoms with Crippen LogP contribution in [0.25, 0.3) is 0 Å². The Bertz CT molecular complexity index is 957. The molecule has 0 radical (unpaired) electrons. The van der Waals surface area contributed by atoms with E-state index < -0.39 is 33.6 Å². The number of nitrogens with zero attached hydrogens (tertiary/aromatic N) is 4. The summed E-state index contributed by atoms with van der Waals surface area (Å²) in [5.41, 5.74) is -0.247. The van der Waals surface area contributed by atoms with E-state index in [1.165, 1.54) is 9.21 Å². The number of carbonyl (C=O) groups excluding carboxylic acids is 1. The van der Waals surface area contributed by atoms with Gasteiger partial charge in [0.15, 0.2) is 5.82 Å². The lowest BCUT2D eigenvalue weighted by Crippen LogP contribution is -2.62. The van der Waals surface area contributed by atoms with E-state index in [-0.39, 0.29) is 31.6 Å². The second-order valence-electron chi connectivity index (χ2n) is 6.34. The van der Waals surface area contributed by atoms with Gasteiger partial charge in [-0.3, -0.25) is 4.79 Å². The van der Waals surface area contributed by atoms with Crippen molar-refractivity contribution in [2.24, 2.45) is 0 Å². The van der Waals surface area contributed by atoms with E-state index >= 15 is 0 Å². The summed E-state index contributed by atoms with van der Waals surface area (Å²) in [6, 6.07) is 2.29. The monoisotopic (exact) mass is 400 g/mol. The Morgan fingerprint density at radius 1 is 1.37 bits per heavy atom. The predicted octanol–water partition coefficient (Wildman–Crippen LogP) is 0.985. The first-order chi connectivity index (χ1) is 12.6. The van der Waals surface area contributed by atoms with Crippen LogP contribution in [-0.4, -0.2) is 65.6 Å². The van der Waals surface area contributed by atoms with Gasteiger partial charge in [-0.25, -0.2) is 17.2 Å². The highest BCUT2D eigenvalue weighted by Gasteiger charge is 2.39. The Hall–Kier alpha value is -2.40. The SMILES string of the molecule is Cc1nc(CCN(C2CN(C(=O)c3ccc(F)cc3F)C2)S(C)(=O)=O)no1. The molecule has 0 aliphatic carbocycles. The van der Waals surface area contributed by atoms with E-state index in [0.29, 0.717) is 17.8 Å². The number of aryl methyl sites for hydroxylation is 1. The van der Waals surface area contributed by atoms with Crippen LogP contribution in [0.2, 0.25) is 0 Å². The summed E-state index contributed by atoms with van der Waals surface area (Å²) in [4.78, 5) is 17.7. The van der Waals surface area contributed by atoms with E-state index in [2.05, 4.69) is 10.1 Å². The van der Waals surface area contributed by atoms with Crippen molar-refractivity contribution >= 4 is 15.9 Å². The highest BCUT2D eigenvalue weighted by molar-refractivity contribution is 7.88. The number of rotatable bonds is 6. The first-order valence-corrected chi connectivity index (χ1v) is 10.0. The number of halogens is 2. The van der Waals surface area contributed by atoms with Crippen molar-refractivity contribution in [3.05, 3.63) is 47.1 Å². The summed E-state index contributed by atoms with van der Waals surface area (Å²) in [5, 5.41) is 3.73. The van der Waals surface area contributed by atoms with E-state index in [1.54, 1.807) is 6.92 Å². The van der Waals surface area contributed by atoms with E-state index in [9.17, 15) is 22.0 Å². The zero-order valence-corrected chi connectivity index (χ0v) is 15.5. The van der Waals surface area contributed by atoms with Gasteiger partial charge in [-0.15, -0.1) is 0 Å². The van der Waals surface area contributed by atoms with Crippen LogP contribution in [0, 0.1) is 18.6 Å². The third-order valence-corrected chi connectivity index (χ3v) is 5.60. The lowest BCUT2D eigenvalue weighted by Gasteiger charge is -2.44. The lowest BCUT2D eigenvalue weighted by atomic mass is 10.1. The van der Waals surface area contributed by atoms with Gasteiger partial charge >= 0.3 is 0 Å². The normalized spacial score (nSPS) is 15.2. The Balaban J connectivity index is 1.64. The fraction of sp³-hybridized carbons (Fsp3) is 0.438. The van der Waals surface area contributed by atoms with Gasteiger partial charge in [0.2, 0.25) is 15.9 Å². The molecule has 8 nitrogen and oxygen atoms in total. The van der Waals surface area contributed by atoms with Crippen molar-refractivity contribution < 1.29 is 26.5 Å². The average molecular weight is 400 g/mol. The van der Waals surface area contributed by atoms with Gasteiger partial charge in [0, 0.05) is 39.0 Å². The largest absolute Gasteiger partial charge is 0.340 e. The van der Waals surface area contributed by atoms with Crippen LogP contribution in [0.15, 0.2) is 22.7 Å². The molecule has 27 heavy (non-hydrogen) atoms. The minimum Gasteiger partial charge on any atom is -0.340 e. The summed E-state index contributed by atoms with van der Waals surface area (Å²) in [7, 11) is -3.53. The summed E-state index contributed by atoms with van der Waals surface area (Å²) in [6.45, 7) is 2.01. The molecule has 1 aliphatic heterocycles. The molecular formula is C16H18F2N4O4S. The van der Waals surface area contributed by atoms with Crippen LogP contribution in [0.3, 0.4) is 0 Å². The van der Waals surface area contributed by atoms with Crippen LogP contribution in [0.1, 0.15) is 22.1 Å². The summed E-state index contributed by atoms with van der Waals surface area (Å²) < 4.78 is 57.0. The van der Waals surface area contributed by atoms with Gasteiger partial charge in [0.05, 0.1) is 17.9 Å². The molecule has 3 rings (SSSR count). The minimum atomic E-state index is -3.53. The first kappa shape index (κ1) is 19.4. The molecule has 1 aromatic heterocycles. The Kier molecular flexibility index (Phi) is 5.24. The van der Waals surface area contributed by atoms with Crippen LogP contribution in [-0.2, 0) is 16.4 Å². The van der Waals surface area contributed by atoms with Crippen molar-refractivity contribution in [3.63, 3.8) is 0 Å². The van der Waals surface area contributed by atoms with Crippen LogP contribution >= 0.6 is 0 Å². The Morgan fingerprint density at radius 2 is 2.07 bits per heavy atom. The number of amides is 1. The maximum atomic E-state index is 13.8. The number of hydrogen-bond acceptors (Lipinski definition) is 6. The van der Waals surface area contributed by atoms with Gasteiger partial charge in [0.1, 0.15) is 11.6 Å². The third-order valence-electron chi connectivity index (χ3n) is 4.27. The molecule has 0 N–H and O–H groups in total. The number of carbonyl (C=O) groups is 1. The first-order valence-electron chi connectivity index (χ1n) is 8.15. The molecular weight excluding hydrogens is 382 g/mol. The molecule has 11 heteroatoms. The number of sulfonamides is 1. The molecule has 0 saturated carbocycles. The summed E-state index contributed by atoms with van der Waals surface area (Å²) >= 11 is 0. The fourth-order valence-corrected chi connectivity index (χ4v) is 4.01. The van der Waals surface area contributed by atoms with Crippen LogP contribution in [0.5, 0.6) is 0 Å². The van der Waals surface area contributed by atoms with Crippen LogP contribution in [0.4, 0.5) is 8.78 Å². The highest BCUT2D eigenvalue weighted by Crippen LogP contribution is 2.22. The van der Waals surface area contributed by atoms with Crippen LogP contribution < -0.4 is 0 Å². The van der Waals surface area contributed by atoms with E-state index in [1.807, 2.05) is 0 Å². The standard InChI is InChI=1S/C16H18F2N4O4S/c1-10-19-15(20-26-10)5-6-22(27(2,24)25)12-8-21(9-12)16(23)13-4-3-11(17)7-14(13)18/h3-4,7,12H,5-6,8-9H2,1-2H3. The van der Waals surface area contributed by atoms with Gasteiger partial charge < -0.3 is 9.42 Å². The van der Waals surface area contributed by atoms with E-state index in [0.717, 1.165) is 18.4 Å². The van der Waals surface area contributed by atoms with Crippen molar-refractivity contribution in [2.45, 2.75) is 19.4 Å². The quantitative estimate of drug-likeness (QED) is 0.717. The van der Waals surface area contributed by atoms with Gasteiger partial charge in [0.25, 0.3) is 5.91 Å². The average Bonchev–Trinajstić information content (AvgIpc) is 2.93. The highest BCUT2D eigenvalue weighted by atomic mass is 32.2. The van der Waals surface area contributed by atoms with Crippen molar-refractivity contribution in [2.75, 3.05) is 25.9 Å². The summed E-state index contributed by atoms with van der Waals surface area (Å²) in [5.74, 6) is -1.55. The number of aromatic nitrogens is 2. The molecule has 0 bridgehead atoms. The topological polar surface area (TPSA) is 96.6 Å². The zero-order chi connectivity index (χ0) is 19.8. The molecule has 0 atom stereocenters. The van der Waals surface area contributed by atoms with Crippen molar-refractivity contribution in [1.82, 2.24) is 19.3 Å². The van der Waals surface area contributed by atoms with E-state index in [4.69, 9.17) is 4.52 Å². The maximum Gasteiger partial charge on any atom is 0.256 e. The van der Waals surface area contributed by atoms with Crippen molar-refractivity contribution in [1.29, 1.82) is 0 Å². The Labute approximate surface area is 154 Å². The smallest absolute Gasteiger partial charge is 0.256 e.